The van der Waals surface area contributed by atoms with Crippen molar-refractivity contribution in [1.82, 2.24) is 25.3 Å². The van der Waals surface area contributed by atoms with Gasteiger partial charge < -0.3 is 15.1 Å². The van der Waals surface area contributed by atoms with Crippen molar-refractivity contribution in [2.75, 3.05) is 27.2 Å². The van der Waals surface area contributed by atoms with Gasteiger partial charge in [0.15, 0.2) is 5.96 Å². The molecule has 1 fully saturated rings. The Morgan fingerprint density at radius 1 is 1.36 bits per heavy atom. The van der Waals surface area contributed by atoms with Crippen LogP contribution in [0.1, 0.15) is 30.3 Å². The molecule has 1 aliphatic heterocycles. The minimum Gasteiger partial charge on any atom is -0.467 e. The van der Waals surface area contributed by atoms with Gasteiger partial charge >= 0.3 is 0 Å². The van der Waals surface area contributed by atoms with Crippen molar-refractivity contribution in [2.24, 2.45) is 18.0 Å². The molecule has 7 nitrogen and oxygen atoms in total. The van der Waals surface area contributed by atoms with Crippen molar-refractivity contribution in [3.8, 4) is 0 Å². The molecule has 0 unspecified atom stereocenters. The molecule has 3 heterocycles. The molecule has 2 atom stereocenters. The molecule has 0 amide bonds. The summed E-state index contributed by atoms with van der Waals surface area (Å²) in [6, 6.07) is 6.35. The number of piperidine rings is 1. The Hall–Kier alpha value is -2.28. The Morgan fingerprint density at radius 3 is 2.92 bits per heavy atom. The number of aryl methyl sites for hydroxylation is 1. The molecule has 0 radical (unpaired) electrons. The zero-order valence-electron chi connectivity index (χ0n) is 15.3. The van der Waals surface area contributed by atoms with Crippen LogP contribution in [0.4, 0.5) is 0 Å². The van der Waals surface area contributed by atoms with Crippen molar-refractivity contribution >= 4 is 5.96 Å². The number of hydrogen-bond donors (Lipinski definition) is 2. The zero-order valence-corrected chi connectivity index (χ0v) is 15.3. The van der Waals surface area contributed by atoms with E-state index in [1.165, 1.54) is 18.5 Å². The quantitative estimate of drug-likeness (QED) is 0.639. The van der Waals surface area contributed by atoms with E-state index in [-0.39, 0.29) is 0 Å². The van der Waals surface area contributed by atoms with E-state index in [1.54, 1.807) is 13.3 Å². The molecule has 136 valence electrons. The summed E-state index contributed by atoms with van der Waals surface area (Å²) in [7, 11) is 6.02. The Labute approximate surface area is 149 Å². The number of rotatable bonds is 5. The number of likely N-dealkylation sites (tertiary alicyclic amines) is 1. The van der Waals surface area contributed by atoms with E-state index in [0.717, 1.165) is 24.8 Å². The summed E-state index contributed by atoms with van der Waals surface area (Å²) in [5.41, 5.74) is 1.27. The first-order valence-corrected chi connectivity index (χ1v) is 8.84. The van der Waals surface area contributed by atoms with Crippen molar-refractivity contribution < 1.29 is 4.42 Å². The van der Waals surface area contributed by atoms with Crippen molar-refractivity contribution in [3.05, 3.63) is 42.1 Å². The molecule has 3 rings (SSSR count). The van der Waals surface area contributed by atoms with E-state index in [0.29, 0.717) is 18.5 Å². The number of hydrogen-bond acceptors (Lipinski definition) is 4. The Bertz CT molecular complexity index is 678. The van der Waals surface area contributed by atoms with Crippen LogP contribution in [0.25, 0.3) is 0 Å². The first kappa shape index (κ1) is 17.5. The third-order valence-electron chi connectivity index (χ3n) is 4.93. The van der Waals surface area contributed by atoms with Gasteiger partial charge in [-0.1, -0.05) is 0 Å². The van der Waals surface area contributed by atoms with Crippen LogP contribution in [0, 0.1) is 5.92 Å². The molecule has 2 aromatic rings. The smallest absolute Gasteiger partial charge is 0.191 e. The van der Waals surface area contributed by atoms with Gasteiger partial charge in [-0.15, -0.1) is 0 Å². The molecule has 0 spiro atoms. The van der Waals surface area contributed by atoms with Gasteiger partial charge in [-0.3, -0.25) is 14.6 Å². The van der Waals surface area contributed by atoms with Crippen LogP contribution in [0.3, 0.4) is 0 Å². The normalized spacial score (nSPS) is 22.1. The van der Waals surface area contributed by atoms with E-state index in [4.69, 9.17) is 4.42 Å². The van der Waals surface area contributed by atoms with Crippen LogP contribution >= 0.6 is 0 Å². The second-order valence-corrected chi connectivity index (χ2v) is 6.59. The van der Waals surface area contributed by atoms with Crippen molar-refractivity contribution in [1.29, 1.82) is 0 Å². The summed E-state index contributed by atoms with van der Waals surface area (Å²) in [6.45, 7) is 2.62. The summed E-state index contributed by atoms with van der Waals surface area (Å²) in [6.07, 6.45) is 5.98. The minimum atomic E-state index is 0.372. The molecule has 1 aliphatic rings. The lowest BCUT2D eigenvalue weighted by Gasteiger charge is -2.39. The molecule has 0 bridgehead atoms. The highest BCUT2D eigenvalue weighted by atomic mass is 16.3. The number of aromatic nitrogens is 2. The van der Waals surface area contributed by atoms with Crippen molar-refractivity contribution in [3.63, 3.8) is 0 Å². The molecule has 25 heavy (non-hydrogen) atoms. The lowest BCUT2D eigenvalue weighted by Crippen LogP contribution is -2.45. The van der Waals surface area contributed by atoms with Crippen LogP contribution < -0.4 is 10.6 Å². The SMILES string of the molecule is CN=C(NCc1ccco1)NC[C@@H]1CCCN(C)[C@H]1c1ccnn1C. The summed E-state index contributed by atoms with van der Waals surface area (Å²) >= 11 is 0. The number of nitrogens with one attached hydrogen (secondary N) is 2. The number of guanidine groups is 1. The molecule has 0 saturated carbocycles. The first-order valence-electron chi connectivity index (χ1n) is 8.84. The zero-order chi connectivity index (χ0) is 17.6. The largest absolute Gasteiger partial charge is 0.467 e. The van der Waals surface area contributed by atoms with Crippen LogP contribution in [0.2, 0.25) is 0 Å². The molecule has 2 N–H and O–H groups in total. The molecule has 7 heteroatoms. The predicted molar refractivity (Wildman–Crippen MR) is 98.2 cm³/mol. The summed E-state index contributed by atoms with van der Waals surface area (Å²) in [5.74, 6) is 2.21. The molecule has 0 aromatic carbocycles. The highest BCUT2D eigenvalue weighted by Crippen LogP contribution is 2.34. The Morgan fingerprint density at radius 2 is 2.24 bits per heavy atom. The van der Waals surface area contributed by atoms with E-state index >= 15 is 0 Å². The fourth-order valence-corrected chi connectivity index (χ4v) is 3.65. The number of furan rings is 1. The second-order valence-electron chi connectivity index (χ2n) is 6.59. The van der Waals surface area contributed by atoms with Gasteiger partial charge in [-0.2, -0.15) is 5.10 Å². The maximum absolute atomic E-state index is 5.35. The lowest BCUT2D eigenvalue weighted by molar-refractivity contribution is 0.116. The third kappa shape index (κ3) is 4.22. The van der Waals surface area contributed by atoms with Gasteiger partial charge in [0.05, 0.1) is 24.5 Å². The van der Waals surface area contributed by atoms with E-state index in [2.05, 4.69) is 38.7 Å². The van der Waals surface area contributed by atoms with Crippen molar-refractivity contribution in [2.45, 2.75) is 25.4 Å². The second kappa shape index (κ2) is 8.20. The summed E-state index contributed by atoms with van der Waals surface area (Å²) in [5, 5.41) is 11.1. The Balaban J connectivity index is 1.60. The number of nitrogens with zero attached hydrogens (tertiary/aromatic N) is 4. The first-order chi connectivity index (χ1) is 12.2. The standard InChI is InChI=1S/C18H28N6O/c1-19-18(21-13-15-7-5-11-25-15)20-12-14-6-4-10-23(2)17(14)16-8-9-22-24(16)3/h5,7-9,11,14,17H,4,6,10,12-13H2,1-3H3,(H2,19,20,21)/t14-,17+/m0/s1. The van der Waals surface area contributed by atoms with Gasteiger partial charge in [0, 0.05) is 26.8 Å². The molecule has 1 saturated heterocycles. The summed E-state index contributed by atoms with van der Waals surface area (Å²) < 4.78 is 7.34. The van der Waals surface area contributed by atoms with Gasteiger partial charge in [0.2, 0.25) is 0 Å². The van der Waals surface area contributed by atoms with Gasteiger partial charge in [-0.25, -0.2) is 0 Å². The van der Waals surface area contributed by atoms with Gasteiger partial charge in [-0.05, 0) is 50.6 Å². The monoisotopic (exact) mass is 344 g/mol. The third-order valence-corrected chi connectivity index (χ3v) is 4.93. The predicted octanol–water partition coefficient (Wildman–Crippen LogP) is 1.76. The summed E-state index contributed by atoms with van der Waals surface area (Å²) in [4.78, 5) is 6.75. The average Bonchev–Trinajstić information content (AvgIpc) is 3.27. The highest BCUT2D eigenvalue weighted by Gasteiger charge is 2.32. The molecule has 2 aromatic heterocycles. The highest BCUT2D eigenvalue weighted by molar-refractivity contribution is 5.79. The number of aliphatic imine (C=N–C) groups is 1. The lowest BCUT2D eigenvalue weighted by atomic mass is 9.87. The molecule has 0 aliphatic carbocycles. The minimum absolute atomic E-state index is 0.372. The van der Waals surface area contributed by atoms with Crippen LogP contribution in [-0.2, 0) is 13.6 Å². The Kier molecular flexibility index (Phi) is 5.75. The molecular formula is C18H28N6O. The molecular weight excluding hydrogens is 316 g/mol. The fraction of sp³-hybridized carbons (Fsp3) is 0.556. The fourth-order valence-electron chi connectivity index (χ4n) is 3.65. The van der Waals surface area contributed by atoms with Crippen LogP contribution in [0.15, 0.2) is 40.1 Å². The van der Waals surface area contributed by atoms with Gasteiger partial charge in [0.1, 0.15) is 5.76 Å². The topological polar surface area (TPSA) is 70.6 Å². The van der Waals surface area contributed by atoms with Crippen LogP contribution in [-0.4, -0.2) is 47.8 Å². The van der Waals surface area contributed by atoms with E-state index < -0.39 is 0 Å². The maximum Gasteiger partial charge on any atom is 0.191 e. The van der Waals surface area contributed by atoms with Gasteiger partial charge in [0.25, 0.3) is 0 Å². The van der Waals surface area contributed by atoms with E-state index in [9.17, 15) is 0 Å². The van der Waals surface area contributed by atoms with Crippen LogP contribution in [0.5, 0.6) is 0 Å². The van der Waals surface area contributed by atoms with E-state index in [1.807, 2.05) is 30.1 Å². The average molecular weight is 344 g/mol. The maximum atomic E-state index is 5.35.